The van der Waals surface area contributed by atoms with E-state index in [0.29, 0.717) is 16.7 Å². The van der Waals surface area contributed by atoms with Gasteiger partial charge in [-0.15, -0.1) is 0 Å². The third-order valence-electron chi connectivity index (χ3n) is 5.16. The number of esters is 1. The molecule has 0 saturated heterocycles. The molecule has 4 aromatic rings. The minimum atomic E-state index is -0.621. The lowest BCUT2D eigenvalue weighted by Gasteiger charge is -2.19. The molecule has 1 aromatic heterocycles. The second-order valence-corrected chi connectivity index (χ2v) is 8.77. The molecule has 5 nitrogen and oxygen atoms in total. The molecule has 0 radical (unpaired) electrons. The van der Waals surface area contributed by atoms with Crippen molar-refractivity contribution in [3.63, 3.8) is 0 Å². The molecule has 1 heterocycles. The van der Waals surface area contributed by atoms with Gasteiger partial charge in [0, 0.05) is 12.1 Å². The SMILES string of the molecule is CC(C)(C)c1ccc(Oc2coc3cc(OC(=O)C=Cc4ccc(F)cc4)ccc3c2=O)cc1. The van der Waals surface area contributed by atoms with Gasteiger partial charge in [-0.1, -0.05) is 45.0 Å². The number of halogens is 1. The molecule has 0 unspecified atom stereocenters. The van der Waals surface area contributed by atoms with Crippen molar-refractivity contribution in [3.8, 4) is 17.2 Å². The summed E-state index contributed by atoms with van der Waals surface area (Å²) in [6, 6.07) is 17.7. The molecule has 0 bridgehead atoms. The number of benzene rings is 3. The molecule has 172 valence electrons. The summed E-state index contributed by atoms with van der Waals surface area (Å²) >= 11 is 0. The Bertz CT molecular complexity index is 1410. The van der Waals surface area contributed by atoms with Gasteiger partial charge in [0.2, 0.25) is 11.2 Å². The smallest absolute Gasteiger partial charge is 0.336 e. The average Bonchev–Trinajstić information content (AvgIpc) is 2.80. The van der Waals surface area contributed by atoms with Crippen LogP contribution in [-0.4, -0.2) is 5.97 Å². The van der Waals surface area contributed by atoms with Crippen LogP contribution in [0.2, 0.25) is 0 Å². The normalized spacial score (nSPS) is 11.6. The van der Waals surface area contributed by atoms with E-state index in [9.17, 15) is 14.0 Å². The summed E-state index contributed by atoms with van der Waals surface area (Å²) in [6.45, 7) is 6.36. The van der Waals surface area contributed by atoms with Crippen LogP contribution in [0, 0.1) is 5.82 Å². The molecular formula is C28H23FO5. The molecule has 0 atom stereocenters. The third kappa shape index (κ3) is 5.41. The highest BCUT2D eigenvalue weighted by Gasteiger charge is 2.14. The van der Waals surface area contributed by atoms with Gasteiger partial charge in [-0.25, -0.2) is 9.18 Å². The summed E-state index contributed by atoms with van der Waals surface area (Å²) in [5.74, 6) is -0.175. The van der Waals surface area contributed by atoms with Crippen LogP contribution in [0.3, 0.4) is 0 Å². The van der Waals surface area contributed by atoms with Gasteiger partial charge in [0.1, 0.15) is 29.2 Å². The fraction of sp³-hybridized carbons (Fsp3) is 0.143. The van der Waals surface area contributed by atoms with E-state index in [1.807, 2.05) is 24.3 Å². The van der Waals surface area contributed by atoms with Crippen LogP contribution >= 0.6 is 0 Å². The van der Waals surface area contributed by atoms with E-state index in [1.54, 1.807) is 12.1 Å². The highest BCUT2D eigenvalue weighted by molar-refractivity contribution is 5.89. The Morgan fingerprint density at radius 3 is 2.29 bits per heavy atom. The second kappa shape index (κ2) is 9.35. The molecule has 34 heavy (non-hydrogen) atoms. The Morgan fingerprint density at radius 2 is 1.62 bits per heavy atom. The van der Waals surface area contributed by atoms with Crippen molar-refractivity contribution < 1.29 is 23.1 Å². The molecule has 0 N–H and O–H groups in total. The van der Waals surface area contributed by atoms with Crippen LogP contribution in [0.25, 0.3) is 17.0 Å². The summed E-state index contributed by atoms with van der Waals surface area (Å²) in [4.78, 5) is 24.9. The first-order valence-electron chi connectivity index (χ1n) is 10.7. The Kier molecular flexibility index (Phi) is 6.32. The van der Waals surface area contributed by atoms with Crippen LogP contribution in [0.15, 0.2) is 88.3 Å². The standard InChI is InChI=1S/C28H23FO5/c1-28(2,3)19-7-11-21(12-8-19)33-25-17-32-24-16-22(13-14-23(24)27(25)31)34-26(30)15-6-18-4-9-20(29)10-5-18/h4-17H,1-3H3. The molecule has 6 heteroatoms. The molecule has 0 aliphatic carbocycles. The van der Waals surface area contributed by atoms with Crippen molar-refractivity contribution in [3.05, 3.63) is 106 Å². The quantitative estimate of drug-likeness (QED) is 0.191. The Morgan fingerprint density at radius 1 is 0.941 bits per heavy atom. The highest BCUT2D eigenvalue weighted by Crippen LogP contribution is 2.27. The number of fused-ring (bicyclic) bond motifs is 1. The van der Waals surface area contributed by atoms with Crippen molar-refractivity contribution >= 4 is 23.0 Å². The molecule has 0 aliphatic rings. The number of hydrogen-bond donors (Lipinski definition) is 0. The van der Waals surface area contributed by atoms with E-state index in [-0.39, 0.29) is 33.7 Å². The van der Waals surface area contributed by atoms with Gasteiger partial charge in [0.25, 0.3) is 0 Å². The van der Waals surface area contributed by atoms with Crippen LogP contribution in [0.1, 0.15) is 31.9 Å². The summed E-state index contributed by atoms with van der Waals surface area (Å²) in [5.41, 5.74) is 1.74. The molecule has 0 aliphatic heterocycles. The van der Waals surface area contributed by atoms with Gasteiger partial charge in [-0.2, -0.15) is 0 Å². The zero-order valence-corrected chi connectivity index (χ0v) is 19.0. The van der Waals surface area contributed by atoms with E-state index in [0.717, 1.165) is 5.56 Å². The maximum Gasteiger partial charge on any atom is 0.336 e. The van der Waals surface area contributed by atoms with Crippen LogP contribution in [0.5, 0.6) is 17.2 Å². The monoisotopic (exact) mass is 458 g/mol. The highest BCUT2D eigenvalue weighted by atomic mass is 19.1. The van der Waals surface area contributed by atoms with Crippen LogP contribution in [0.4, 0.5) is 4.39 Å². The maximum atomic E-state index is 13.0. The van der Waals surface area contributed by atoms with Gasteiger partial charge in [-0.3, -0.25) is 4.79 Å². The molecule has 0 saturated carbocycles. The number of carbonyl (C=O) groups is 1. The second-order valence-electron chi connectivity index (χ2n) is 8.77. The van der Waals surface area contributed by atoms with Gasteiger partial charge in [0.15, 0.2) is 0 Å². The fourth-order valence-corrected chi connectivity index (χ4v) is 3.26. The Balaban J connectivity index is 1.48. The van der Waals surface area contributed by atoms with Gasteiger partial charge in [-0.05, 0) is 59.0 Å². The minimum absolute atomic E-state index is 0.0123. The van der Waals surface area contributed by atoms with Crippen molar-refractivity contribution in [2.24, 2.45) is 0 Å². The van der Waals surface area contributed by atoms with E-state index in [4.69, 9.17) is 13.9 Å². The predicted molar refractivity (Wildman–Crippen MR) is 129 cm³/mol. The predicted octanol–water partition coefficient (Wildman–Crippen LogP) is 6.64. The van der Waals surface area contributed by atoms with E-state index in [2.05, 4.69) is 20.8 Å². The molecular weight excluding hydrogens is 435 g/mol. The minimum Gasteiger partial charge on any atom is -0.460 e. The zero-order chi connectivity index (χ0) is 24.3. The largest absolute Gasteiger partial charge is 0.460 e. The Labute approximate surface area is 196 Å². The lowest BCUT2D eigenvalue weighted by Crippen LogP contribution is -2.10. The first-order valence-corrected chi connectivity index (χ1v) is 10.7. The van der Waals surface area contributed by atoms with Crippen LogP contribution < -0.4 is 14.9 Å². The van der Waals surface area contributed by atoms with Crippen LogP contribution in [-0.2, 0) is 10.2 Å². The van der Waals surface area contributed by atoms with Crippen molar-refractivity contribution in [2.45, 2.75) is 26.2 Å². The summed E-state index contributed by atoms with van der Waals surface area (Å²) < 4.78 is 29.5. The Hall–Kier alpha value is -4.19. The lowest BCUT2D eigenvalue weighted by molar-refractivity contribution is -0.128. The number of carbonyl (C=O) groups excluding carboxylic acids is 1. The van der Waals surface area contributed by atoms with E-state index < -0.39 is 5.97 Å². The summed E-state index contributed by atoms with van der Waals surface area (Å²) in [5, 5.41) is 0.297. The lowest BCUT2D eigenvalue weighted by atomic mass is 9.87. The summed E-state index contributed by atoms with van der Waals surface area (Å²) in [6.07, 6.45) is 3.98. The van der Waals surface area contributed by atoms with Gasteiger partial charge >= 0.3 is 5.97 Å². The molecule has 4 rings (SSSR count). The van der Waals surface area contributed by atoms with Gasteiger partial charge < -0.3 is 13.9 Å². The van der Waals surface area contributed by atoms with Crippen molar-refractivity contribution in [1.29, 1.82) is 0 Å². The first-order chi connectivity index (χ1) is 16.2. The van der Waals surface area contributed by atoms with E-state index >= 15 is 0 Å². The third-order valence-corrected chi connectivity index (χ3v) is 5.16. The molecule has 0 fully saturated rings. The number of hydrogen-bond acceptors (Lipinski definition) is 5. The van der Waals surface area contributed by atoms with Gasteiger partial charge in [0.05, 0.1) is 5.39 Å². The van der Waals surface area contributed by atoms with Crippen molar-refractivity contribution in [2.75, 3.05) is 0 Å². The maximum absolute atomic E-state index is 13.0. The molecule has 0 spiro atoms. The number of ether oxygens (including phenoxy) is 2. The summed E-state index contributed by atoms with van der Waals surface area (Å²) in [7, 11) is 0. The van der Waals surface area contributed by atoms with E-state index in [1.165, 1.54) is 48.7 Å². The topological polar surface area (TPSA) is 65.7 Å². The number of rotatable bonds is 5. The average molecular weight is 458 g/mol. The fourth-order valence-electron chi connectivity index (χ4n) is 3.26. The zero-order valence-electron chi connectivity index (χ0n) is 19.0. The molecule has 0 amide bonds. The first kappa shape index (κ1) is 23.0. The molecule has 3 aromatic carbocycles. The van der Waals surface area contributed by atoms with Crippen molar-refractivity contribution in [1.82, 2.24) is 0 Å².